The van der Waals surface area contributed by atoms with E-state index in [2.05, 4.69) is 4.99 Å². The maximum atomic E-state index is 9.65. The van der Waals surface area contributed by atoms with Gasteiger partial charge in [-0.3, -0.25) is 0 Å². The smallest absolute Gasteiger partial charge is 0.216 e. The van der Waals surface area contributed by atoms with Gasteiger partial charge < -0.3 is 14.6 Å². The lowest BCUT2D eigenvalue weighted by atomic mass is 9.91. The molecule has 18 heavy (non-hydrogen) atoms. The summed E-state index contributed by atoms with van der Waals surface area (Å²) in [6.45, 7) is 0. The summed E-state index contributed by atoms with van der Waals surface area (Å²) in [5, 5.41) is 9.65. The second kappa shape index (κ2) is 4.61. The van der Waals surface area contributed by atoms with Crippen molar-refractivity contribution in [1.82, 2.24) is 0 Å². The van der Waals surface area contributed by atoms with Crippen molar-refractivity contribution in [2.75, 3.05) is 7.11 Å². The normalized spacial score (nSPS) is 30.3. The number of hydrogen-bond acceptors (Lipinski definition) is 4. The molecule has 1 aliphatic heterocycles. The summed E-state index contributed by atoms with van der Waals surface area (Å²) < 4.78 is 11.1. The van der Waals surface area contributed by atoms with Crippen LogP contribution in [0.3, 0.4) is 0 Å². The van der Waals surface area contributed by atoms with Crippen LogP contribution in [0.2, 0.25) is 0 Å². The lowest BCUT2D eigenvalue weighted by Crippen LogP contribution is -2.33. The largest absolute Gasteiger partial charge is 0.497 e. The quantitative estimate of drug-likeness (QED) is 0.866. The van der Waals surface area contributed by atoms with Gasteiger partial charge in [0, 0.05) is 5.56 Å². The molecule has 1 aromatic rings. The highest BCUT2D eigenvalue weighted by molar-refractivity contribution is 5.95. The number of aliphatic hydroxyl groups excluding tert-OH is 1. The van der Waals surface area contributed by atoms with Crippen molar-refractivity contribution < 1.29 is 14.6 Å². The maximum absolute atomic E-state index is 9.65. The van der Waals surface area contributed by atoms with Crippen LogP contribution in [0, 0.1) is 0 Å². The average Bonchev–Trinajstić information content (AvgIpc) is 2.81. The van der Waals surface area contributed by atoms with Gasteiger partial charge in [0.05, 0.1) is 19.3 Å². The first-order valence-corrected chi connectivity index (χ1v) is 6.33. The summed E-state index contributed by atoms with van der Waals surface area (Å²) in [4.78, 5) is 4.58. The van der Waals surface area contributed by atoms with E-state index >= 15 is 0 Å². The number of rotatable bonds is 2. The van der Waals surface area contributed by atoms with Crippen molar-refractivity contribution in [3.63, 3.8) is 0 Å². The monoisotopic (exact) mass is 247 g/mol. The van der Waals surface area contributed by atoms with Crippen LogP contribution in [0.4, 0.5) is 0 Å². The van der Waals surface area contributed by atoms with Gasteiger partial charge in [-0.15, -0.1) is 0 Å². The second-order valence-corrected chi connectivity index (χ2v) is 4.86. The van der Waals surface area contributed by atoms with Crippen LogP contribution in [-0.4, -0.2) is 36.4 Å². The fourth-order valence-corrected chi connectivity index (χ4v) is 2.59. The van der Waals surface area contributed by atoms with Crippen molar-refractivity contribution in [1.29, 1.82) is 0 Å². The Balaban J connectivity index is 1.82. The number of nitrogens with zero attached hydrogens (tertiary/aromatic N) is 1. The van der Waals surface area contributed by atoms with Crippen molar-refractivity contribution in [3.8, 4) is 5.75 Å². The number of benzene rings is 1. The van der Waals surface area contributed by atoms with Crippen LogP contribution < -0.4 is 4.74 Å². The van der Waals surface area contributed by atoms with Gasteiger partial charge in [-0.05, 0) is 37.5 Å². The molecule has 0 radical (unpaired) electrons. The number of ether oxygens (including phenoxy) is 2. The molecular formula is C14H17NO3. The molecule has 2 aliphatic rings. The Morgan fingerprint density at radius 1 is 1.39 bits per heavy atom. The molecule has 1 heterocycles. The van der Waals surface area contributed by atoms with Gasteiger partial charge >= 0.3 is 0 Å². The van der Waals surface area contributed by atoms with Gasteiger partial charge in [-0.2, -0.15) is 0 Å². The third kappa shape index (κ3) is 2.08. The Kier molecular flexibility index (Phi) is 2.96. The molecule has 1 fully saturated rings. The number of hydrogen-bond donors (Lipinski definition) is 1. The third-order valence-corrected chi connectivity index (χ3v) is 3.59. The lowest BCUT2D eigenvalue weighted by molar-refractivity contribution is 0.0624. The highest BCUT2D eigenvalue weighted by Crippen LogP contribution is 2.30. The Morgan fingerprint density at radius 2 is 2.28 bits per heavy atom. The lowest BCUT2D eigenvalue weighted by Gasteiger charge is -2.25. The number of aliphatic hydroxyl groups is 1. The molecule has 1 N–H and O–H groups in total. The zero-order valence-corrected chi connectivity index (χ0v) is 10.4. The first-order valence-electron chi connectivity index (χ1n) is 6.33. The van der Waals surface area contributed by atoms with E-state index in [0.717, 1.165) is 24.2 Å². The van der Waals surface area contributed by atoms with Crippen molar-refractivity contribution >= 4 is 5.90 Å². The molecule has 3 atom stereocenters. The van der Waals surface area contributed by atoms with Gasteiger partial charge in [0.15, 0.2) is 0 Å². The summed E-state index contributed by atoms with van der Waals surface area (Å²) in [7, 11) is 1.65. The van der Waals surface area contributed by atoms with Crippen LogP contribution in [0.25, 0.3) is 0 Å². The third-order valence-electron chi connectivity index (χ3n) is 3.59. The predicted molar refractivity (Wildman–Crippen MR) is 68.0 cm³/mol. The minimum Gasteiger partial charge on any atom is -0.497 e. The molecule has 0 amide bonds. The summed E-state index contributed by atoms with van der Waals surface area (Å²) in [5.74, 6) is 1.48. The van der Waals surface area contributed by atoms with Gasteiger partial charge in [0.25, 0.3) is 0 Å². The molecule has 1 aliphatic carbocycles. The van der Waals surface area contributed by atoms with Crippen molar-refractivity contribution in [3.05, 3.63) is 29.8 Å². The van der Waals surface area contributed by atoms with Gasteiger partial charge in [0.1, 0.15) is 11.9 Å². The summed E-state index contributed by atoms with van der Waals surface area (Å²) in [5.41, 5.74) is 0.943. The highest BCUT2D eigenvalue weighted by atomic mass is 16.5. The Labute approximate surface area is 106 Å². The van der Waals surface area contributed by atoms with Gasteiger partial charge in [-0.1, -0.05) is 6.07 Å². The first-order chi connectivity index (χ1) is 8.76. The predicted octanol–water partition coefficient (Wildman–Crippen LogP) is 1.75. The average molecular weight is 247 g/mol. The van der Waals surface area contributed by atoms with Gasteiger partial charge in [-0.25, -0.2) is 4.99 Å². The fraction of sp³-hybridized carbons (Fsp3) is 0.500. The van der Waals surface area contributed by atoms with Gasteiger partial charge in [0.2, 0.25) is 5.90 Å². The topological polar surface area (TPSA) is 51.0 Å². The molecular weight excluding hydrogens is 230 g/mol. The summed E-state index contributed by atoms with van der Waals surface area (Å²) >= 11 is 0. The molecule has 0 spiro atoms. The fourth-order valence-electron chi connectivity index (χ4n) is 2.59. The molecule has 3 rings (SSSR count). The minimum atomic E-state index is -0.233. The number of fused-ring (bicyclic) bond motifs is 1. The molecule has 0 saturated heterocycles. The number of aliphatic imine (C=N–C) groups is 1. The number of methoxy groups -OCH3 is 1. The minimum absolute atomic E-state index is 0.106. The molecule has 4 nitrogen and oxygen atoms in total. The van der Waals surface area contributed by atoms with E-state index in [1.165, 1.54) is 0 Å². The van der Waals surface area contributed by atoms with Crippen LogP contribution in [-0.2, 0) is 4.74 Å². The second-order valence-electron chi connectivity index (χ2n) is 4.86. The van der Waals surface area contributed by atoms with Crippen LogP contribution in [0.15, 0.2) is 29.3 Å². The van der Waals surface area contributed by atoms with Crippen LogP contribution in [0.5, 0.6) is 5.75 Å². The van der Waals surface area contributed by atoms with E-state index in [1.54, 1.807) is 7.11 Å². The van der Waals surface area contributed by atoms with E-state index in [-0.39, 0.29) is 18.2 Å². The Hall–Kier alpha value is -1.55. The van der Waals surface area contributed by atoms with Crippen LogP contribution in [0.1, 0.15) is 24.8 Å². The van der Waals surface area contributed by atoms with E-state index < -0.39 is 0 Å². The zero-order chi connectivity index (χ0) is 12.5. The molecule has 4 heteroatoms. The van der Waals surface area contributed by atoms with Crippen molar-refractivity contribution in [2.24, 2.45) is 4.99 Å². The molecule has 0 aromatic heterocycles. The standard InChI is InChI=1S/C14H17NO3/c1-17-11-4-2-3-9(7-11)14-15-12-8-10(16)5-6-13(12)18-14/h2-4,7,10,12-13,16H,5-6,8H2,1H3. The molecule has 1 aromatic carbocycles. The summed E-state index contributed by atoms with van der Waals surface area (Å²) in [6.07, 6.45) is 2.29. The SMILES string of the molecule is COc1cccc(C2=NC3CC(O)CCC3O2)c1. The molecule has 96 valence electrons. The van der Waals surface area contributed by atoms with E-state index in [1.807, 2.05) is 24.3 Å². The molecule has 1 saturated carbocycles. The van der Waals surface area contributed by atoms with E-state index in [9.17, 15) is 5.11 Å². The van der Waals surface area contributed by atoms with E-state index in [4.69, 9.17) is 9.47 Å². The first kappa shape index (κ1) is 11.5. The highest BCUT2D eigenvalue weighted by Gasteiger charge is 2.36. The Morgan fingerprint density at radius 3 is 3.11 bits per heavy atom. The van der Waals surface area contributed by atoms with Crippen LogP contribution >= 0.6 is 0 Å². The molecule has 3 unspecified atom stereocenters. The summed E-state index contributed by atoms with van der Waals surface area (Å²) in [6, 6.07) is 7.82. The van der Waals surface area contributed by atoms with Crippen molar-refractivity contribution in [2.45, 2.75) is 37.5 Å². The molecule has 0 bridgehead atoms. The maximum Gasteiger partial charge on any atom is 0.216 e. The Bertz CT molecular complexity index is 472. The zero-order valence-electron chi connectivity index (χ0n) is 10.4. The van der Waals surface area contributed by atoms with E-state index in [0.29, 0.717) is 12.3 Å².